The van der Waals surface area contributed by atoms with Crippen LogP contribution in [0.4, 0.5) is 0 Å². The summed E-state index contributed by atoms with van der Waals surface area (Å²) in [6.45, 7) is 12.7. The number of rotatable bonds is 3. The second-order valence-electron chi connectivity index (χ2n) is 11.1. The molecule has 1 N–H and O–H groups in total. The summed E-state index contributed by atoms with van der Waals surface area (Å²) in [5, 5.41) is 13.6. The van der Waals surface area contributed by atoms with Crippen LogP contribution in [0.25, 0.3) is 38.5 Å². The van der Waals surface area contributed by atoms with Crippen LogP contribution in [-0.2, 0) is 26.5 Å². The molecule has 6 rings (SSSR count). The van der Waals surface area contributed by atoms with Crippen LogP contribution >= 0.6 is 0 Å². The van der Waals surface area contributed by atoms with Crippen LogP contribution in [0.2, 0.25) is 0 Å². The first-order valence-electron chi connectivity index (χ1n) is 12.8. The molecule has 0 fully saturated rings. The second kappa shape index (κ2) is 9.80. The summed E-state index contributed by atoms with van der Waals surface area (Å²) in [5.74, 6) is 1.96. The number of phenolic OH excluding ortho intramolecular Hbond substituents is 1. The molecule has 0 radical (unpaired) electrons. The maximum Gasteiger partial charge on any atom is 0.217 e. The topological polar surface area (TPSA) is 60.2 Å². The summed E-state index contributed by atoms with van der Waals surface area (Å²) in [6, 6.07) is 25.7. The average Bonchev–Trinajstić information content (AvgIpc) is 3.17. The molecule has 0 atom stereocenters. The van der Waals surface area contributed by atoms with E-state index in [-0.39, 0.29) is 32.2 Å². The molecule has 6 heteroatoms. The number of aromatic nitrogens is 3. The Morgan fingerprint density at radius 2 is 1.62 bits per heavy atom. The first kappa shape index (κ1) is 26.9. The second-order valence-corrected chi connectivity index (χ2v) is 11.1. The van der Waals surface area contributed by atoms with Crippen molar-refractivity contribution in [3.8, 4) is 23.2 Å². The molecule has 0 saturated heterocycles. The Hall–Kier alpha value is -3.69. The maximum atomic E-state index is 10.5. The third-order valence-electron chi connectivity index (χ3n) is 6.89. The van der Waals surface area contributed by atoms with Gasteiger partial charge in [-0.15, -0.1) is 17.7 Å². The van der Waals surface area contributed by atoms with Crippen LogP contribution in [0.3, 0.4) is 0 Å². The zero-order chi connectivity index (χ0) is 26.8. The Bertz CT molecular complexity index is 1860. The van der Waals surface area contributed by atoms with E-state index >= 15 is 0 Å². The number of nitrogens with zero attached hydrogens (tertiary/aromatic N) is 3. The predicted molar refractivity (Wildman–Crippen MR) is 154 cm³/mol. The third-order valence-corrected chi connectivity index (χ3v) is 6.89. The van der Waals surface area contributed by atoms with Gasteiger partial charge in [-0.3, -0.25) is 0 Å². The van der Waals surface area contributed by atoms with Gasteiger partial charge in [-0.05, 0) is 79.1 Å². The number of hydrogen-bond acceptors (Lipinski definition) is 4. The van der Waals surface area contributed by atoms with Gasteiger partial charge in [0, 0.05) is 49.5 Å². The van der Waals surface area contributed by atoms with Crippen molar-refractivity contribution in [2.45, 2.75) is 47.0 Å². The standard InChI is InChI=1S/C33H30N3O2.Pt/c1-19-13-21(3)34-29(16-19)36-26-10-8-7-9-24(26)31-25(33(4,5)6)17-23(18-27(31)36)38-30-12-11-22-14-20(2)15-28(37)32(22)35-30;/h7-17,37H,1-6H3;/q-1;. The van der Waals surface area contributed by atoms with Crippen molar-refractivity contribution in [3.63, 3.8) is 0 Å². The van der Waals surface area contributed by atoms with Crippen LogP contribution in [0, 0.1) is 26.8 Å². The van der Waals surface area contributed by atoms with Crippen LogP contribution in [0.5, 0.6) is 17.4 Å². The molecule has 3 aromatic carbocycles. The van der Waals surface area contributed by atoms with Gasteiger partial charge in [0.05, 0.1) is 0 Å². The van der Waals surface area contributed by atoms with Crippen LogP contribution < -0.4 is 4.74 Å². The van der Waals surface area contributed by atoms with Gasteiger partial charge in [-0.1, -0.05) is 49.9 Å². The van der Waals surface area contributed by atoms with Crippen LogP contribution in [0.1, 0.15) is 43.2 Å². The molecule has 0 aliphatic carbocycles. The number of fused-ring (bicyclic) bond motifs is 4. The number of hydrogen-bond donors (Lipinski definition) is 1. The van der Waals surface area contributed by atoms with Crippen molar-refractivity contribution in [1.82, 2.24) is 14.5 Å². The fraction of sp³-hybridized carbons (Fsp3) is 0.212. The Labute approximate surface area is 242 Å². The molecule has 0 saturated carbocycles. The van der Waals surface area contributed by atoms with Crippen LogP contribution in [-0.4, -0.2) is 19.6 Å². The Balaban J connectivity index is 0.00000308. The minimum absolute atomic E-state index is 0. The van der Waals surface area contributed by atoms with E-state index in [0.29, 0.717) is 17.1 Å². The molecule has 0 spiro atoms. The largest absolute Gasteiger partial charge is 0.506 e. The molecule has 6 aromatic rings. The summed E-state index contributed by atoms with van der Waals surface area (Å²) in [4.78, 5) is 9.51. The maximum absolute atomic E-state index is 10.5. The zero-order valence-corrected chi connectivity index (χ0v) is 25.1. The summed E-state index contributed by atoms with van der Waals surface area (Å²) in [7, 11) is 0. The Morgan fingerprint density at radius 3 is 2.36 bits per heavy atom. The van der Waals surface area contributed by atoms with Gasteiger partial charge >= 0.3 is 0 Å². The number of benzene rings is 3. The molecule has 200 valence electrons. The molecule has 0 amide bonds. The van der Waals surface area contributed by atoms with Crippen molar-refractivity contribution < 1.29 is 30.9 Å². The van der Waals surface area contributed by atoms with Crippen molar-refractivity contribution in [2.75, 3.05) is 0 Å². The van der Waals surface area contributed by atoms with Gasteiger partial charge in [-0.25, -0.2) is 9.97 Å². The molecular formula is C33H30N3O2Pt-. The van der Waals surface area contributed by atoms with Crippen molar-refractivity contribution >= 4 is 32.7 Å². The van der Waals surface area contributed by atoms with Gasteiger partial charge < -0.3 is 14.4 Å². The van der Waals surface area contributed by atoms with E-state index in [1.165, 1.54) is 0 Å². The molecule has 0 aliphatic rings. The van der Waals surface area contributed by atoms with Gasteiger partial charge in [0.15, 0.2) is 0 Å². The smallest absolute Gasteiger partial charge is 0.217 e. The first-order valence-corrected chi connectivity index (χ1v) is 12.8. The van der Waals surface area contributed by atoms with Gasteiger partial charge in [0.2, 0.25) is 5.88 Å². The van der Waals surface area contributed by atoms with E-state index in [2.05, 4.69) is 85.8 Å². The molecule has 5 nitrogen and oxygen atoms in total. The number of aryl methyl sites for hydroxylation is 3. The zero-order valence-electron chi connectivity index (χ0n) is 22.9. The van der Waals surface area contributed by atoms with Gasteiger partial charge in [0.25, 0.3) is 0 Å². The summed E-state index contributed by atoms with van der Waals surface area (Å²) in [5.41, 5.74) is 6.57. The summed E-state index contributed by atoms with van der Waals surface area (Å²) < 4.78 is 8.51. The molecule has 0 aliphatic heterocycles. The van der Waals surface area contributed by atoms with E-state index in [9.17, 15) is 5.11 Å². The minimum atomic E-state index is -0.164. The van der Waals surface area contributed by atoms with Gasteiger partial charge in [-0.2, -0.15) is 0 Å². The number of ether oxygens (including phenoxy) is 1. The SMILES string of the molecule is Cc1cc(C)nc(-n2c3[c-]c(Oc4ccc5cc(C)cc(O)c5n4)cc(C(C)(C)C)c3c3ccccc32)c1.[Pt]. The predicted octanol–water partition coefficient (Wildman–Crippen LogP) is 8.25. The molecule has 0 unspecified atom stereocenters. The normalized spacial score (nSPS) is 11.7. The van der Waals surface area contributed by atoms with E-state index < -0.39 is 0 Å². The fourth-order valence-corrected chi connectivity index (χ4v) is 5.32. The summed E-state index contributed by atoms with van der Waals surface area (Å²) in [6.07, 6.45) is 0. The van der Waals surface area contributed by atoms with Gasteiger partial charge in [0.1, 0.15) is 17.1 Å². The minimum Gasteiger partial charge on any atom is -0.506 e. The Kier molecular flexibility index (Phi) is 6.76. The summed E-state index contributed by atoms with van der Waals surface area (Å²) >= 11 is 0. The number of pyridine rings is 2. The Morgan fingerprint density at radius 1 is 0.872 bits per heavy atom. The van der Waals surface area contributed by atoms with Crippen molar-refractivity contribution in [1.29, 1.82) is 0 Å². The van der Waals surface area contributed by atoms with E-state index in [1.807, 2.05) is 32.0 Å². The number of phenols is 1. The third kappa shape index (κ3) is 4.81. The van der Waals surface area contributed by atoms with E-state index in [1.54, 1.807) is 6.07 Å². The molecule has 3 heterocycles. The van der Waals surface area contributed by atoms with E-state index in [0.717, 1.165) is 55.4 Å². The molecule has 0 bridgehead atoms. The van der Waals surface area contributed by atoms with E-state index in [4.69, 9.17) is 9.72 Å². The number of aromatic hydroxyl groups is 1. The molecule has 3 aromatic heterocycles. The molecular weight excluding hydrogens is 665 g/mol. The van der Waals surface area contributed by atoms with Crippen molar-refractivity contribution in [2.24, 2.45) is 0 Å². The quantitative estimate of drug-likeness (QED) is 0.190. The molecule has 39 heavy (non-hydrogen) atoms. The average molecular weight is 696 g/mol. The number of para-hydroxylation sites is 1. The fourth-order valence-electron chi connectivity index (χ4n) is 5.32. The van der Waals surface area contributed by atoms with Crippen molar-refractivity contribution in [3.05, 3.63) is 95.2 Å². The van der Waals surface area contributed by atoms with Crippen LogP contribution in [0.15, 0.2) is 66.7 Å². The monoisotopic (exact) mass is 695 g/mol. The first-order chi connectivity index (χ1) is 18.1.